The minimum atomic E-state index is -4.46. The largest absolute Gasteiger partial charge is 0.416 e. The van der Waals surface area contributed by atoms with Crippen LogP contribution in [0.15, 0.2) is 30.6 Å². The van der Waals surface area contributed by atoms with E-state index in [9.17, 15) is 22.4 Å². The lowest BCUT2D eigenvalue weighted by Gasteiger charge is -2.37. The van der Waals surface area contributed by atoms with E-state index in [1.807, 2.05) is 0 Å². The summed E-state index contributed by atoms with van der Waals surface area (Å²) in [6, 6.07) is 4.10. The van der Waals surface area contributed by atoms with Gasteiger partial charge in [-0.05, 0) is 30.7 Å². The fraction of sp³-hybridized carbons (Fsp3) is 0.560. The first kappa shape index (κ1) is 31.2. The van der Waals surface area contributed by atoms with Gasteiger partial charge in [-0.25, -0.2) is 14.4 Å². The summed E-state index contributed by atoms with van der Waals surface area (Å²) in [7, 11) is 0. The minimum absolute atomic E-state index is 0. The van der Waals surface area contributed by atoms with Crippen LogP contribution in [0.1, 0.15) is 38.4 Å². The van der Waals surface area contributed by atoms with E-state index >= 15 is 4.39 Å². The Morgan fingerprint density at radius 2 is 1.87 bits per heavy atom. The SMILES string of the molecule is C.C.NC(=O)CN1CC[C@H](CNc2ncnc(N3CCOC[C@@H]3c3ccc(C(F)(F)F)cc3)c2F)[C@@H](F)C1. The van der Waals surface area contributed by atoms with Gasteiger partial charge in [0.2, 0.25) is 11.7 Å². The van der Waals surface area contributed by atoms with Crippen molar-refractivity contribution in [1.29, 1.82) is 0 Å². The number of hydrogen-bond acceptors (Lipinski definition) is 7. The Hall–Kier alpha value is -3.06. The molecule has 0 saturated carbocycles. The molecule has 3 N–H and O–H groups in total. The van der Waals surface area contributed by atoms with Crippen molar-refractivity contribution < 1.29 is 31.5 Å². The van der Waals surface area contributed by atoms with Crippen molar-refractivity contribution in [2.75, 3.05) is 56.2 Å². The number of rotatable bonds is 7. The Labute approximate surface area is 219 Å². The van der Waals surface area contributed by atoms with E-state index in [-0.39, 0.29) is 65.9 Å². The molecule has 2 aromatic rings. The van der Waals surface area contributed by atoms with Crippen molar-refractivity contribution in [2.24, 2.45) is 11.7 Å². The van der Waals surface area contributed by atoms with Crippen LogP contribution in [0.2, 0.25) is 0 Å². The summed E-state index contributed by atoms with van der Waals surface area (Å²) in [4.78, 5) is 22.4. The van der Waals surface area contributed by atoms with Crippen LogP contribution in [0, 0.1) is 11.7 Å². The number of primary amides is 1. The van der Waals surface area contributed by atoms with Gasteiger partial charge in [0.15, 0.2) is 11.6 Å². The number of anilines is 2. The highest BCUT2D eigenvalue weighted by Crippen LogP contribution is 2.34. The monoisotopic (exact) mass is 546 g/mol. The van der Waals surface area contributed by atoms with Crippen molar-refractivity contribution in [3.05, 3.63) is 47.5 Å². The summed E-state index contributed by atoms with van der Waals surface area (Å²) >= 11 is 0. The van der Waals surface area contributed by atoms with Crippen LogP contribution in [0.4, 0.5) is 33.6 Å². The smallest absolute Gasteiger partial charge is 0.377 e. The first-order valence-electron chi connectivity index (χ1n) is 11.5. The van der Waals surface area contributed by atoms with Crippen molar-refractivity contribution in [2.45, 2.75) is 39.7 Å². The molecule has 4 rings (SSSR count). The number of aromatic nitrogens is 2. The number of nitrogens with zero attached hydrogens (tertiary/aromatic N) is 4. The van der Waals surface area contributed by atoms with E-state index < -0.39 is 41.6 Å². The average molecular weight is 547 g/mol. The van der Waals surface area contributed by atoms with Gasteiger partial charge in [0.1, 0.15) is 12.5 Å². The summed E-state index contributed by atoms with van der Waals surface area (Å²) in [6.07, 6.45) is -4.04. The highest BCUT2D eigenvalue weighted by atomic mass is 19.4. The number of piperidine rings is 1. The molecule has 0 aliphatic carbocycles. The Kier molecular flexibility index (Phi) is 10.8. The number of amides is 1. The van der Waals surface area contributed by atoms with Crippen LogP contribution >= 0.6 is 0 Å². The maximum atomic E-state index is 15.5. The lowest BCUT2D eigenvalue weighted by Crippen LogP contribution is -2.46. The first-order chi connectivity index (χ1) is 17.1. The molecule has 38 heavy (non-hydrogen) atoms. The molecule has 0 bridgehead atoms. The lowest BCUT2D eigenvalue weighted by atomic mass is 9.95. The molecule has 1 amide bonds. The first-order valence-corrected chi connectivity index (χ1v) is 11.5. The highest BCUT2D eigenvalue weighted by Gasteiger charge is 2.33. The molecule has 1 aromatic heterocycles. The number of hydrogen-bond donors (Lipinski definition) is 2. The van der Waals surface area contributed by atoms with Gasteiger partial charge in [-0.15, -0.1) is 0 Å². The molecule has 0 unspecified atom stereocenters. The highest BCUT2D eigenvalue weighted by molar-refractivity contribution is 5.75. The molecule has 2 aliphatic heterocycles. The molecule has 2 fully saturated rings. The zero-order valence-electron chi connectivity index (χ0n) is 19.3. The van der Waals surface area contributed by atoms with Gasteiger partial charge in [-0.2, -0.15) is 17.6 Å². The summed E-state index contributed by atoms with van der Waals surface area (Å²) < 4.78 is 74.4. The van der Waals surface area contributed by atoms with Gasteiger partial charge in [0, 0.05) is 25.6 Å². The van der Waals surface area contributed by atoms with Crippen LogP contribution < -0.4 is 16.0 Å². The Bertz CT molecular complexity index is 1060. The molecule has 8 nitrogen and oxygen atoms in total. The number of carbonyl (C=O) groups is 1. The number of ether oxygens (including phenoxy) is 1. The second-order valence-electron chi connectivity index (χ2n) is 8.91. The third kappa shape index (κ3) is 7.28. The third-order valence-electron chi connectivity index (χ3n) is 6.47. The zero-order chi connectivity index (χ0) is 25.9. The molecule has 212 valence electrons. The van der Waals surface area contributed by atoms with Gasteiger partial charge in [-0.1, -0.05) is 27.0 Å². The summed E-state index contributed by atoms with van der Waals surface area (Å²) in [5, 5.41) is 2.87. The molecule has 3 atom stereocenters. The molecule has 1 aromatic carbocycles. The Morgan fingerprint density at radius 3 is 2.50 bits per heavy atom. The summed E-state index contributed by atoms with van der Waals surface area (Å²) in [5.41, 5.74) is 4.92. The van der Waals surface area contributed by atoms with E-state index in [0.29, 0.717) is 18.5 Å². The number of carbonyl (C=O) groups excluding carboxylic acids is 1. The number of alkyl halides is 4. The minimum Gasteiger partial charge on any atom is -0.377 e. The lowest BCUT2D eigenvalue weighted by molar-refractivity contribution is -0.137. The fourth-order valence-corrected chi connectivity index (χ4v) is 4.55. The third-order valence-corrected chi connectivity index (χ3v) is 6.47. The number of nitrogens with two attached hydrogens (primary N) is 1. The standard InChI is InChI=1S/C23H27F5N6O2.2CH4/c24-17-10-33(11-19(29)35)6-5-15(17)9-30-21-20(25)22(32-13-31-21)34-7-8-36-12-18(34)14-1-3-16(4-2-14)23(26,27)28;;/h1-4,13,15,17-18H,5-12H2,(H2,29,35)(H,30,31,32);2*1H4/t15-,17+,18-;;/m1../s1. The van der Waals surface area contributed by atoms with Crippen molar-refractivity contribution >= 4 is 17.5 Å². The molecule has 13 heteroatoms. The second kappa shape index (κ2) is 13.1. The fourth-order valence-electron chi connectivity index (χ4n) is 4.55. The molecule has 0 spiro atoms. The molecule has 2 aliphatic rings. The predicted octanol–water partition coefficient (Wildman–Crippen LogP) is 4.04. The maximum Gasteiger partial charge on any atom is 0.416 e. The normalized spacial score (nSPS) is 22.2. The van der Waals surface area contributed by atoms with Crippen LogP contribution in [0.5, 0.6) is 0 Å². The van der Waals surface area contributed by atoms with Gasteiger partial charge in [0.25, 0.3) is 0 Å². The molecule has 3 heterocycles. The van der Waals surface area contributed by atoms with Gasteiger partial charge >= 0.3 is 6.18 Å². The van der Waals surface area contributed by atoms with Gasteiger partial charge in [-0.3, -0.25) is 9.69 Å². The van der Waals surface area contributed by atoms with E-state index in [2.05, 4.69) is 15.3 Å². The maximum absolute atomic E-state index is 15.5. The second-order valence-corrected chi connectivity index (χ2v) is 8.91. The Morgan fingerprint density at radius 1 is 1.16 bits per heavy atom. The van der Waals surface area contributed by atoms with Gasteiger partial charge in [0.05, 0.1) is 31.4 Å². The van der Waals surface area contributed by atoms with E-state index in [1.54, 1.807) is 9.80 Å². The van der Waals surface area contributed by atoms with E-state index in [0.717, 1.165) is 12.1 Å². The zero-order valence-corrected chi connectivity index (χ0v) is 19.3. The van der Waals surface area contributed by atoms with Crippen LogP contribution in [-0.4, -0.2) is 72.9 Å². The number of nitrogens with one attached hydrogen (secondary N) is 1. The van der Waals surface area contributed by atoms with Crippen molar-refractivity contribution in [1.82, 2.24) is 14.9 Å². The summed E-state index contributed by atoms with van der Waals surface area (Å²) in [5.74, 6) is -1.78. The van der Waals surface area contributed by atoms with E-state index in [1.165, 1.54) is 18.5 Å². The number of benzene rings is 1. The van der Waals surface area contributed by atoms with E-state index in [4.69, 9.17) is 10.5 Å². The van der Waals surface area contributed by atoms with Crippen LogP contribution in [0.3, 0.4) is 0 Å². The molecule has 0 radical (unpaired) electrons. The topological polar surface area (TPSA) is 96.6 Å². The average Bonchev–Trinajstić information content (AvgIpc) is 2.83. The molecular formula is C25H35F5N6O2. The quantitative estimate of drug-likeness (QED) is 0.506. The number of morpholine rings is 1. The molecule has 2 saturated heterocycles. The van der Waals surface area contributed by atoms with Crippen molar-refractivity contribution in [3.8, 4) is 0 Å². The predicted molar refractivity (Wildman–Crippen MR) is 135 cm³/mol. The number of halogens is 5. The van der Waals surface area contributed by atoms with Gasteiger partial charge < -0.3 is 20.7 Å². The number of likely N-dealkylation sites (tertiary alicyclic amines) is 1. The van der Waals surface area contributed by atoms with Crippen molar-refractivity contribution in [3.63, 3.8) is 0 Å². The summed E-state index contributed by atoms with van der Waals surface area (Å²) in [6.45, 7) is 1.38. The van der Waals surface area contributed by atoms with Crippen LogP contribution in [0.25, 0.3) is 0 Å². The molecular weight excluding hydrogens is 511 g/mol. The van der Waals surface area contributed by atoms with Crippen LogP contribution in [-0.2, 0) is 15.7 Å². The Balaban J connectivity index is 0.00000253.